The van der Waals surface area contributed by atoms with Crippen LogP contribution in [0.15, 0.2) is 0 Å². The minimum atomic E-state index is -0.249. The van der Waals surface area contributed by atoms with Crippen molar-refractivity contribution < 1.29 is 19.0 Å². The molecule has 0 bridgehead atoms. The van der Waals surface area contributed by atoms with Crippen molar-refractivity contribution in [2.75, 3.05) is 50.3 Å². The van der Waals surface area contributed by atoms with Crippen LogP contribution in [0.1, 0.15) is 6.42 Å². The van der Waals surface area contributed by atoms with Crippen molar-refractivity contribution in [3.05, 3.63) is 0 Å². The summed E-state index contributed by atoms with van der Waals surface area (Å²) in [6, 6.07) is 0. The van der Waals surface area contributed by atoms with E-state index in [0.717, 1.165) is 17.3 Å². The number of hydrogen-bond donors (Lipinski definition) is 1. The van der Waals surface area contributed by atoms with Crippen molar-refractivity contribution in [2.24, 2.45) is 0 Å². The van der Waals surface area contributed by atoms with Crippen LogP contribution in [0.3, 0.4) is 0 Å². The van der Waals surface area contributed by atoms with E-state index in [9.17, 15) is 4.79 Å². The van der Waals surface area contributed by atoms with Crippen molar-refractivity contribution in [1.82, 2.24) is 0 Å². The van der Waals surface area contributed by atoms with E-state index in [0.29, 0.717) is 32.8 Å². The van der Waals surface area contributed by atoms with E-state index >= 15 is 0 Å². The maximum atomic E-state index is 11.1. The number of esters is 1. The number of rotatable bonds is 12. The lowest BCUT2D eigenvalue weighted by molar-refractivity contribution is -0.141. The minimum absolute atomic E-state index is 0.0545. The summed E-state index contributed by atoms with van der Waals surface area (Å²) in [7, 11) is 0. The van der Waals surface area contributed by atoms with Gasteiger partial charge in [-0.2, -0.15) is 24.4 Å². The number of carbonyl (C=O) groups excluding carboxylic acids is 1. The van der Waals surface area contributed by atoms with Crippen LogP contribution in [0.2, 0.25) is 0 Å². The molecule has 0 aliphatic heterocycles. The Morgan fingerprint density at radius 2 is 1.89 bits per heavy atom. The zero-order valence-corrected chi connectivity index (χ0v) is 12.1. The molecule has 0 saturated heterocycles. The molecule has 0 N–H and O–H groups in total. The first-order valence-corrected chi connectivity index (χ1v) is 7.53. The number of thiol groups is 1. The van der Waals surface area contributed by atoms with Gasteiger partial charge in [-0.25, -0.2) is 0 Å². The molecule has 18 heavy (non-hydrogen) atoms. The lowest BCUT2D eigenvalue weighted by Gasteiger charge is -2.05. The lowest BCUT2D eigenvalue weighted by Crippen LogP contribution is -2.09. The Balaban J connectivity index is 3.07. The number of ether oxygens (including phenoxy) is 3. The summed E-state index contributed by atoms with van der Waals surface area (Å²) < 4.78 is 15.3. The molecule has 6 heteroatoms. The molecular formula is C12H20O4S2. The molecule has 0 fully saturated rings. The standard InChI is InChI=1S/C12H20O4S2/c1-2-4-16-12(13)3-10-18-11-8-15-6-5-14-7-9-17/h1,17H,3-11H2. The van der Waals surface area contributed by atoms with Crippen LogP contribution in [0.4, 0.5) is 0 Å². The summed E-state index contributed by atoms with van der Waals surface area (Å²) in [6.45, 7) is 2.57. The molecule has 4 nitrogen and oxygen atoms in total. The number of thioether (sulfide) groups is 1. The summed E-state index contributed by atoms with van der Waals surface area (Å²) in [4.78, 5) is 11.1. The van der Waals surface area contributed by atoms with Gasteiger partial charge in [-0.15, -0.1) is 6.42 Å². The maximum Gasteiger partial charge on any atom is 0.307 e. The van der Waals surface area contributed by atoms with Crippen LogP contribution in [0, 0.1) is 12.3 Å². The predicted octanol–water partition coefficient (Wildman–Crippen LogP) is 1.25. The van der Waals surface area contributed by atoms with E-state index in [1.165, 1.54) is 0 Å². The molecule has 0 aliphatic rings. The number of terminal acetylenes is 1. The monoisotopic (exact) mass is 292 g/mol. The van der Waals surface area contributed by atoms with Crippen LogP contribution < -0.4 is 0 Å². The zero-order chi connectivity index (χ0) is 13.5. The first-order valence-electron chi connectivity index (χ1n) is 5.74. The highest BCUT2D eigenvalue weighted by atomic mass is 32.2. The topological polar surface area (TPSA) is 44.8 Å². The van der Waals surface area contributed by atoms with Crippen LogP contribution >= 0.6 is 24.4 Å². The van der Waals surface area contributed by atoms with Gasteiger partial charge >= 0.3 is 5.97 Å². The van der Waals surface area contributed by atoms with Gasteiger partial charge in [-0.1, -0.05) is 5.92 Å². The molecule has 0 aliphatic carbocycles. The van der Waals surface area contributed by atoms with Crippen LogP contribution in [0.5, 0.6) is 0 Å². The molecule has 0 spiro atoms. The van der Waals surface area contributed by atoms with E-state index in [1.54, 1.807) is 11.8 Å². The van der Waals surface area contributed by atoms with Gasteiger partial charge in [0.05, 0.1) is 32.8 Å². The van der Waals surface area contributed by atoms with Gasteiger partial charge in [-0.3, -0.25) is 4.79 Å². The maximum absolute atomic E-state index is 11.1. The average molecular weight is 292 g/mol. The van der Waals surface area contributed by atoms with Crippen molar-refractivity contribution in [2.45, 2.75) is 6.42 Å². The highest BCUT2D eigenvalue weighted by Crippen LogP contribution is 2.03. The number of carbonyl (C=O) groups is 1. The van der Waals surface area contributed by atoms with E-state index in [4.69, 9.17) is 20.6 Å². The molecule has 0 aromatic heterocycles. The molecule has 0 amide bonds. The SMILES string of the molecule is C#CCOC(=O)CCSCCOCCOCCS. The summed E-state index contributed by atoms with van der Waals surface area (Å²) >= 11 is 5.68. The van der Waals surface area contributed by atoms with Gasteiger partial charge in [0.25, 0.3) is 0 Å². The lowest BCUT2D eigenvalue weighted by atomic mass is 10.5. The van der Waals surface area contributed by atoms with Gasteiger partial charge in [0.2, 0.25) is 0 Å². The fourth-order valence-electron chi connectivity index (χ4n) is 0.956. The van der Waals surface area contributed by atoms with Gasteiger partial charge in [0.1, 0.15) is 0 Å². The quantitative estimate of drug-likeness (QED) is 0.254. The summed E-state index contributed by atoms with van der Waals surface area (Å²) in [5.41, 5.74) is 0. The zero-order valence-electron chi connectivity index (χ0n) is 10.4. The largest absolute Gasteiger partial charge is 0.452 e. The van der Waals surface area contributed by atoms with E-state index in [2.05, 4.69) is 18.5 Å². The van der Waals surface area contributed by atoms with Gasteiger partial charge in [0, 0.05) is 17.3 Å². The summed E-state index contributed by atoms with van der Waals surface area (Å²) in [5.74, 6) is 4.31. The predicted molar refractivity (Wildman–Crippen MR) is 77.2 cm³/mol. The molecule has 0 aromatic carbocycles. The third kappa shape index (κ3) is 13.7. The fourth-order valence-corrected chi connectivity index (χ4v) is 1.84. The van der Waals surface area contributed by atoms with Crippen molar-refractivity contribution in [3.8, 4) is 12.3 Å². The molecule has 0 heterocycles. The van der Waals surface area contributed by atoms with Crippen molar-refractivity contribution in [1.29, 1.82) is 0 Å². The van der Waals surface area contributed by atoms with E-state index in [-0.39, 0.29) is 12.6 Å². The molecule has 0 radical (unpaired) electrons. The third-order valence-corrected chi connectivity index (χ3v) is 2.88. The highest BCUT2D eigenvalue weighted by molar-refractivity contribution is 7.99. The molecule has 0 unspecified atom stereocenters. The second-order valence-corrected chi connectivity index (χ2v) is 4.85. The van der Waals surface area contributed by atoms with Crippen LogP contribution in [0.25, 0.3) is 0 Å². The molecule has 0 saturated carbocycles. The van der Waals surface area contributed by atoms with Crippen LogP contribution in [-0.4, -0.2) is 56.3 Å². The van der Waals surface area contributed by atoms with Crippen LogP contribution in [-0.2, 0) is 19.0 Å². The number of hydrogen-bond acceptors (Lipinski definition) is 6. The van der Waals surface area contributed by atoms with Crippen molar-refractivity contribution in [3.63, 3.8) is 0 Å². The Morgan fingerprint density at radius 3 is 2.56 bits per heavy atom. The van der Waals surface area contributed by atoms with Crippen molar-refractivity contribution >= 4 is 30.4 Å². The first-order chi connectivity index (χ1) is 8.81. The summed E-state index contributed by atoms with van der Waals surface area (Å²) in [5, 5.41) is 0. The molecular weight excluding hydrogens is 272 g/mol. The third-order valence-electron chi connectivity index (χ3n) is 1.75. The molecule has 0 atom stereocenters. The Bertz CT molecular complexity index is 241. The molecule has 0 aromatic rings. The Morgan fingerprint density at radius 1 is 1.17 bits per heavy atom. The normalized spacial score (nSPS) is 10.0. The van der Waals surface area contributed by atoms with Gasteiger partial charge in [0.15, 0.2) is 6.61 Å². The minimum Gasteiger partial charge on any atom is -0.452 e. The second-order valence-electron chi connectivity index (χ2n) is 3.18. The first kappa shape index (κ1) is 17.6. The highest BCUT2D eigenvalue weighted by Gasteiger charge is 2.01. The van der Waals surface area contributed by atoms with Gasteiger partial charge < -0.3 is 14.2 Å². The summed E-state index contributed by atoms with van der Waals surface area (Å²) in [6.07, 6.45) is 5.35. The molecule has 104 valence electrons. The Labute approximate surface area is 119 Å². The Hall–Kier alpha value is -0.350. The molecule has 0 rings (SSSR count). The average Bonchev–Trinajstić information content (AvgIpc) is 2.38. The fraction of sp³-hybridized carbons (Fsp3) is 0.750. The second kappa shape index (κ2) is 14.7. The van der Waals surface area contributed by atoms with Gasteiger partial charge in [-0.05, 0) is 0 Å². The Kier molecular flexibility index (Phi) is 14.4. The van der Waals surface area contributed by atoms with E-state index in [1.807, 2.05) is 0 Å². The van der Waals surface area contributed by atoms with E-state index < -0.39 is 0 Å². The smallest absolute Gasteiger partial charge is 0.307 e.